The highest BCUT2D eigenvalue weighted by atomic mass is 16.3. The van der Waals surface area contributed by atoms with Crippen LogP contribution in [0.3, 0.4) is 0 Å². The van der Waals surface area contributed by atoms with Gasteiger partial charge in [-0.25, -0.2) is 4.98 Å². The average molecular weight is 680 g/mol. The summed E-state index contributed by atoms with van der Waals surface area (Å²) in [6, 6.07) is 57.7. The molecular weight excluding hydrogens is 651 g/mol. The van der Waals surface area contributed by atoms with Gasteiger partial charge in [0, 0.05) is 62.5 Å². The van der Waals surface area contributed by atoms with E-state index in [0.29, 0.717) is 5.71 Å². The van der Waals surface area contributed by atoms with Gasteiger partial charge in [-0.05, 0) is 118 Å². The van der Waals surface area contributed by atoms with Crippen molar-refractivity contribution in [3.05, 3.63) is 176 Å². The molecule has 0 spiro atoms. The van der Waals surface area contributed by atoms with Crippen molar-refractivity contribution in [3.63, 3.8) is 0 Å². The molecule has 0 bridgehead atoms. The maximum atomic E-state index is 6.50. The minimum atomic E-state index is 0.656. The normalized spacial score (nSPS) is 11.8. The minimum absolute atomic E-state index is 0.656. The summed E-state index contributed by atoms with van der Waals surface area (Å²) in [5.74, 6) is 0. The summed E-state index contributed by atoms with van der Waals surface area (Å²) in [6.45, 7) is 0. The van der Waals surface area contributed by atoms with Crippen LogP contribution in [0.4, 0.5) is 17.1 Å². The van der Waals surface area contributed by atoms with Crippen molar-refractivity contribution in [3.8, 4) is 22.3 Å². The Morgan fingerprint density at radius 1 is 0.358 bits per heavy atom. The van der Waals surface area contributed by atoms with Gasteiger partial charge in [0.15, 0.2) is 0 Å². The largest absolute Gasteiger partial charge is 0.456 e. The molecule has 7 aromatic carbocycles. The third-order valence-corrected chi connectivity index (χ3v) is 10.4. The highest BCUT2D eigenvalue weighted by Crippen LogP contribution is 2.41. The summed E-state index contributed by atoms with van der Waals surface area (Å²) in [5.41, 5.74) is 11.7. The lowest BCUT2D eigenvalue weighted by Crippen LogP contribution is -2.09. The van der Waals surface area contributed by atoms with Crippen LogP contribution < -0.4 is 4.90 Å². The van der Waals surface area contributed by atoms with Crippen molar-refractivity contribution in [1.82, 2.24) is 9.97 Å². The predicted octanol–water partition coefficient (Wildman–Crippen LogP) is 13.4. The molecule has 0 aliphatic carbocycles. The summed E-state index contributed by atoms with van der Waals surface area (Å²) in [6.07, 6.45) is 3.59. The predicted molar refractivity (Wildman–Crippen MR) is 217 cm³/mol. The molecule has 0 N–H and O–H groups in total. The Hall–Kier alpha value is -7.24. The molecule has 5 nitrogen and oxygen atoms in total. The number of rotatable bonds is 5. The van der Waals surface area contributed by atoms with E-state index in [1.165, 1.54) is 21.9 Å². The first-order valence-electron chi connectivity index (χ1n) is 17.7. The lowest BCUT2D eigenvalue weighted by molar-refractivity contribution is 0.654. The quantitative estimate of drug-likeness (QED) is 0.181. The lowest BCUT2D eigenvalue weighted by atomic mass is 10.0. The number of aromatic nitrogens is 2. The van der Waals surface area contributed by atoms with Gasteiger partial charge in [-0.1, -0.05) is 72.8 Å². The number of anilines is 3. The summed E-state index contributed by atoms with van der Waals surface area (Å²) in [5, 5.41) is 7.75. The van der Waals surface area contributed by atoms with Gasteiger partial charge >= 0.3 is 0 Å². The van der Waals surface area contributed by atoms with Gasteiger partial charge in [0.2, 0.25) is 5.71 Å². The molecule has 0 fully saturated rings. The fraction of sp³-hybridized carbons (Fsp3) is 0. The van der Waals surface area contributed by atoms with Crippen molar-refractivity contribution in [2.45, 2.75) is 0 Å². The van der Waals surface area contributed by atoms with Crippen molar-refractivity contribution in [2.24, 2.45) is 0 Å². The van der Waals surface area contributed by atoms with Crippen molar-refractivity contribution in [1.29, 1.82) is 0 Å². The standard InChI is InChI=1S/C48H29N3O2/c1-2-6-33-25-34(10-9-30(33)5-1)31-11-16-37(17-12-31)51(39-20-22-41-43-29-44-36(7-3-23-49-44)27-46(43)52-47(41)28-39)38-18-13-32(14-19-38)35-15-21-40-42-8-4-24-50-48(42)53-45(40)26-35/h1-29H. The van der Waals surface area contributed by atoms with Crippen LogP contribution in [-0.2, 0) is 0 Å². The summed E-state index contributed by atoms with van der Waals surface area (Å²) in [4.78, 5) is 11.3. The molecule has 0 saturated carbocycles. The molecule has 248 valence electrons. The molecule has 0 atom stereocenters. The van der Waals surface area contributed by atoms with Crippen LogP contribution in [0.1, 0.15) is 0 Å². The lowest BCUT2D eigenvalue weighted by Gasteiger charge is -2.26. The number of hydrogen-bond acceptors (Lipinski definition) is 5. The number of pyridine rings is 2. The molecule has 0 aliphatic heterocycles. The number of nitrogens with zero attached hydrogens (tertiary/aromatic N) is 3. The van der Waals surface area contributed by atoms with Crippen LogP contribution >= 0.6 is 0 Å². The molecule has 0 saturated heterocycles. The minimum Gasteiger partial charge on any atom is -0.456 e. The Bertz CT molecular complexity index is 3180. The Balaban J connectivity index is 1.01. The molecule has 0 unspecified atom stereocenters. The van der Waals surface area contributed by atoms with Gasteiger partial charge < -0.3 is 13.7 Å². The SMILES string of the molecule is c1ccc2cc(-c3ccc(N(c4ccc(-c5ccc6c(c5)oc5ncccc56)cc4)c4ccc5c(c4)oc4cc6cccnc6cc45)cc3)ccc2c1. The summed E-state index contributed by atoms with van der Waals surface area (Å²) >= 11 is 0. The molecule has 4 aromatic heterocycles. The van der Waals surface area contributed by atoms with Gasteiger partial charge in [0.05, 0.1) is 5.52 Å². The summed E-state index contributed by atoms with van der Waals surface area (Å²) < 4.78 is 12.6. The first-order valence-corrected chi connectivity index (χ1v) is 17.7. The van der Waals surface area contributed by atoms with E-state index in [-0.39, 0.29) is 0 Å². The Kier molecular flexibility index (Phi) is 6.48. The van der Waals surface area contributed by atoms with Crippen LogP contribution in [0.5, 0.6) is 0 Å². The molecule has 11 rings (SSSR count). The first-order chi connectivity index (χ1) is 26.2. The fourth-order valence-corrected chi connectivity index (χ4v) is 7.68. The number of fused-ring (bicyclic) bond motifs is 8. The van der Waals surface area contributed by atoms with Crippen molar-refractivity contribution < 1.29 is 8.83 Å². The van der Waals surface area contributed by atoms with Gasteiger partial charge in [0.25, 0.3) is 0 Å². The van der Waals surface area contributed by atoms with Gasteiger partial charge in [-0.15, -0.1) is 0 Å². The van der Waals surface area contributed by atoms with Crippen LogP contribution in [0.25, 0.3) is 87.9 Å². The topological polar surface area (TPSA) is 55.3 Å². The van der Waals surface area contributed by atoms with Crippen molar-refractivity contribution >= 4 is 82.7 Å². The van der Waals surface area contributed by atoms with E-state index in [0.717, 1.165) is 77.4 Å². The second-order valence-electron chi connectivity index (χ2n) is 13.5. The van der Waals surface area contributed by atoms with Crippen molar-refractivity contribution in [2.75, 3.05) is 4.90 Å². The Labute approximate surface area is 304 Å². The highest BCUT2D eigenvalue weighted by Gasteiger charge is 2.17. The zero-order valence-electron chi connectivity index (χ0n) is 28.4. The van der Waals surface area contributed by atoms with E-state index in [9.17, 15) is 0 Å². The van der Waals surface area contributed by atoms with Crippen LogP contribution in [0.15, 0.2) is 185 Å². The Morgan fingerprint density at radius 3 is 1.79 bits per heavy atom. The maximum absolute atomic E-state index is 6.50. The third kappa shape index (κ3) is 4.94. The van der Waals surface area contributed by atoms with E-state index in [2.05, 4.69) is 160 Å². The van der Waals surface area contributed by atoms with E-state index >= 15 is 0 Å². The molecule has 0 radical (unpaired) electrons. The smallest absolute Gasteiger partial charge is 0.227 e. The Morgan fingerprint density at radius 2 is 0.962 bits per heavy atom. The average Bonchev–Trinajstić information content (AvgIpc) is 3.77. The molecule has 0 aliphatic rings. The second-order valence-corrected chi connectivity index (χ2v) is 13.5. The van der Waals surface area contributed by atoms with E-state index in [4.69, 9.17) is 8.83 Å². The first kappa shape index (κ1) is 29.5. The van der Waals surface area contributed by atoms with Gasteiger partial charge in [-0.3, -0.25) is 4.98 Å². The number of furan rings is 2. The van der Waals surface area contributed by atoms with E-state index < -0.39 is 0 Å². The molecule has 4 heterocycles. The summed E-state index contributed by atoms with van der Waals surface area (Å²) in [7, 11) is 0. The monoisotopic (exact) mass is 679 g/mol. The second kappa shape index (κ2) is 11.7. The molecule has 5 heteroatoms. The maximum Gasteiger partial charge on any atom is 0.227 e. The van der Waals surface area contributed by atoms with Gasteiger partial charge in [-0.2, -0.15) is 0 Å². The number of benzene rings is 7. The highest BCUT2D eigenvalue weighted by molar-refractivity contribution is 6.10. The van der Waals surface area contributed by atoms with E-state index in [1.807, 2.05) is 24.4 Å². The van der Waals surface area contributed by atoms with Crippen LogP contribution in [0.2, 0.25) is 0 Å². The van der Waals surface area contributed by atoms with E-state index in [1.54, 1.807) is 6.20 Å². The molecule has 11 aromatic rings. The fourth-order valence-electron chi connectivity index (χ4n) is 7.68. The van der Waals surface area contributed by atoms with Gasteiger partial charge in [0.1, 0.15) is 16.7 Å². The zero-order chi connectivity index (χ0) is 34.9. The van der Waals surface area contributed by atoms with Crippen LogP contribution in [-0.4, -0.2) is 9.97 Å². The third-order valence-electron chi connectivity index (χ3n) is 10.4. The zero-order valence-corrected chi connectivity index (χ0v) is 28.4. The molecular formula is C48H29N3O2. The number of hydrogen-bond donors (Lipinski definition) is 0. The molecule has 53 heavy (non-hydrogen) atoms. The van der Waals surface area contributed by atoms with Crippen LogP contribution in [0, 0.1) is 0 Å². The molecule has 0 amide bonds.